The largest absolute Gasteiger partial charge is 0.475 e. The summed E-state index contributed by atoms with van der Waals surface area (Å²) >= 11 is 6.80. The van der Waals surface area contributed by atoms with E-state index in [1.54, 1.807) is 6.92 Å². The SMILES string of the molecule is C=C(OCc1ccccc1)N1CCCC(C)(/C(N)=C(\C(C)=O)c2cc(Cl)c(-c3cccc(C)c3)cc2C)C1. The topological polar surface area (TPSA) is 55.6 Å². The summed E-state index contributed by atoms with van der Waals surface area (Å²) in [6.45, 7) is 13.9. The summed E-state index contributed by atoms with van der Waals surface area (Å²) < 4.78 is 6.02. The Morgan fingerprint density at radius 1 is 1.11 bits per heavy atom. The molecule has 0 radical (unpaired) electrons. The van der Waals surface area contributed by atoms with Gasteiger partial charge in [-0.3, -0.25) is 4.79 Å². The predicted octanol–water partition coefficient (Wildman–Crippen LogP) is 7.67. The molecule has 198 valence electrons. The molecule has 0 amide bonds. The Morgan fingerprint density at radius 2 is 1.84 bits per heavy atom. The summed E-state index contributed by atoms with van der Waals surface area (Å²) in [6, 6.07) is 22.2. The molecule has 3 aromatic carbocycles. The lowest BCUT2D eigenvalue weighted by atomic mass is 9.75. The number of rotatable bonds is 8. The van der Waals surface area contributed by atoms with Crippen molar-refractivity contribution in [2.45, 2.75) is 47.1 Å². The maximum atomic E-state index is 13.1. The van der Waals surface area contributed by atoms with Gasteiger partial charge in [0, 0.05) is 40.4 Å². The van der Waals surface area contributed by atoms with Crippen LogP contribution in [0.25, 0.3) is 16.7 Å². The number of benzene rings is 3. The fourth-order valence-electron chi connectivity index (χ4n) is 5.32. The minimum atomic E-state index is -0.424. The van der Waals surface area contributed by atoms with E-state index in [1.165, 1.54) is 0 Å². The summed E-state index contributed by atoms with van der Waals surface area (Å²) in [5.41, 5.74) is 13.6. The van der Waals surface area contributed by atoms with Crippen LogP contribution in [0.2, 0.25) is 5.02 Å². The highest BCUT2D eigenvalue weighted by molar-refractivity contribution is 6.34. The van der Waals surface area contributed by atoms with Crippen LogP contribution in [0.1, 0.15) is 48.9 Å². The van der Waals surface area contributed by atoms with E-state index in [1.807, 2.05) is 55.5 Å². The van der Waals surface area contributed by atoms with Crippen LogP contribution >= 0.6 is 11.6 Å². The van der Waals surface area contributed by atoms with Crippen LogP contribution in [-0.4, -0.2) is 23.8 Å². The first-order valence-corrected chi connectivity index (χ1v) is 13.5. The predicted molar refractivity (Wildman–Crippen MR) is 157 cm³/mol. The average molecular weight is 529 g/mol. The second-order valence-electron chi connectivity index (χ2n) is 10.6. The first-order chi connectivity index (χ1) is 18.1. The fraction of sp³-hybridized carbons (Fsp3) is 0.303. The molecule has 1 saturated heterocycles. The molecule has 0 saturated carbocycles. The Hall–Kier alpha value is -3.50. The number of ketones is 1. The van der Waals surface area contributed by atoms with Crippen LogP contribution in [0.4, 0.5) is 0 Å². The molecule has 1 unspecified atom stereocenters. The summed E-state index contributed by atoms with van der Waals surface area (Å²) in [7, 11) is 0. The molecule has 4 nitrogen and oxygen atoms in total. The standard InChI is InChI=1S/C33H37ClN2O2/c1-22-11-9-14-27(17-22)29-18-23(2)28(19-30(29)34)31(24(3)37)32(35)33(5)15-10-16-36(21-33)25(4)38-20-26-12-7-6-8-13-26/h6-9,11-14,17-19H,4,10,15-16,20-21,35H2,1-3,5H3/b32-31-. The second-order valence-corrected chi connectivity index (χ2v) is 11.0. The van der Waals surface area contributed by atoms with Crippen LogP contribution < -0.4 is 5.73 Å². The van der Waals surface area contributed by atoms with Gasteiger partial charge in [-0.2, -0.15) is 0 Å². The molecule has 1 atom stereocenters. The van der Waals surface area contributed by atoms with E-state index in [0.29, 0.717) is 35.3 Å². The molecule has 1 heterocycles. The number of nitrogens with two attached hydrogens (primary N) is 1. The second kappa shape index (κ2) is 11.5. The zero-order valence-corrected chi connectivity index (χ0v) is 23.6. The van der Waals surface area contributed by atoms with Crippen molar-refractivity contribution in [3.63, 3.8) is 0 Å². The van der Waals surface area contributed by atoms with Gasteiger partial charge < -0.3 is 15.4 Å². The van der Waals surface area contributed by atoms with Gasteiger partial charge in [-0.05, 0) is 74.6 Å². The Bertz CT molecular complexity index is 1380. The number of carbonyl (C=O) groups excluding carboxylic acids is 1. The number of ether oxygens (including phenoxy) is 1. The zero-order valence-electron chi connectivity index (χ0n) is 22.8. The molecule has 0 bridgehead atoms. The Kier molecular flexibility index (Phi) is 8.32. The van der Waals surface area contributed by atoms with Crippen LogP contribution in [0.3, 0.4) is 0 Å². The molecule has 2 N–H and O–H groups in total. The maximum absolute atomic E-state index is 13.1. The monoisotopic (exact) mass is 528 g/mol. The van der Waals surface area contributed by atoms with E-state index >= 15 is 0 Å². The number of piperidine rings is 1. The van der Waals surface area contributed by atoms with Gasteiger partial charge in [-0.1, -0.05) is 78.7 Å². The van der Waals surface area contributed by atoms with Gasteiger partial charge in [0.1, 0.15) is 6.61 Å². The molecule has 4 rings (SSSR count). The number of allylic oxidation sites excluding steroid dienone is 1. The van der Waals surface area contributed by atoms with Crippen molar-refractivity contribution in [3.8, 4) is 11.1 Å². The third-order valence-electron chi connectivity index (χ3n) is 7.48. The average Bonchev–Trinajstić information content (AvgIpc) is 2.89. The zero-order chi connectivity index (χ0) is 27.4. The highest BCUT2D eigenvalue weighted by Gasteiger charge is 2.37. The maximum Gasteiger partial charge on any atom is 0.182 e. The molecule has 38 heavy (non-hydrogen) atoms. The van der Waals surface area contributed by atoms with Gasteiger partial charge in [0.05, 0.1) is 0 Å². The van der Waals surface area contributed by atoms with Crippen molar-refractivity contribution in [1.82, 2.24) is 4.90 Å². The van der Waals surface area contributed by atoms with Crippen molar-refractivity contribution in [3.05, 3.63) is 112 Å². The number of carbonyl (C=O) groups is 1. The number of aryl methyl sites for hydroxylation is 2. The molecule has 0 spiro atoms. The van der Waals surface area contributed by atoms with Crippen LogP contribution in [0.15, 0.2) is 84.9 Å². The first-order valence-electron chi connectivity index (χ1n) is 13.1. The number of nitrogens with zero attached hydrogens (tertiary/aromatic N) is 1. The number of hydrogen-bond acceptors (Lipinski definition) is 4. The van der Waals surface area contributed by atoms with Gasteiger partial charge in [-0.15, -0.1) is 0 Å². The van der Waals surface area contributed by atoms with Crippen LogP contribution in [-0.2, 0) is 16.1 Å². The van der Waals surface area contributed by atoms with E-state index in [9.17, 15) is 4.79 Å². The van der Waals surface area contributed by atoms with Crippen LogP contribution in [0, 0.1) is 19.3 Å². The molecule has 5 heteroatoms. The number of hydrogen-bond donors (Lipinski definition) is 1. The number of likely N-dealkylation sites (tertiary alicyclic amines) is 1. The smallest absolute Gasteiger partial charge is 0.182 e. The van der Waals surface area contributed by atoms with Gasteiger partial charge in [0.2, 0.25) is 0 Å². The quantitative estimate of drug-likeness (QED) is 0.241. The molecule has 1 aliphatic heterocycles. The van der Waals surface area contributed by atoms with Gasteiger partial charge in [-0.25, -0.2) is 0 Å². The normalized spacial score (nSPS) is 18.1. The highest BCUT2D eigenvalue weighted by Crippen LogP contribution is 2.41. The van der Waals surface area contributed by atoms with Crippen molar-refractivity contribution >= 4 is 23.0 Å². The minimum Gasteiger partial charge on any atom is -0.475 e. The lowest BCUT2D eigenvalue weighted by Gasteiger charge is -2.42. The molecule has 1 aliphatic rings. The highest BCUT2D eigenvalue weighted by atomic mass is 35.5. The molecule has 3 aromatic rings. The van der Waals surface area contributed by atoms with E-state index in [0.717, 1.165) is 52.8 Å². The van der Waals surface area contributed by atoms with E-state index in [2.05, 4.69) is 43.5 Å². The summed E-state index contributed by atoms with van der Waals surface area (Å²) in [5, 5.41) is 0.598. The first kappa shape index (κ1) is 27.5. The third-order valence-corrected chi connectivity index (χ3v) is 7.79. The van der Waals surface area contributed by atoms with Crippen molar-refractivity contribution < 1.29 is 9.53 Å². The van der Waals surface area contributed by atoms with Crippen LogP contribution in [0.5, 0.6) is 0 Å². The number of Topliss-reactive ketones (excluding diaryl/α,β-unsaturated/α-hetero) is 1. The Balaban J connectivity index is 1.63. The summed E-state index contributed by atoms with van der Waals surface area (Å²) in [5.74, 6) is 0.557. The molecular formula is C33H37ClN2O2. The van der Waals surface area contributed by atoms with Crippen molar-refractivity contribution in [2.24, 2.45) is 11.1 Å². The van der Waals surface area contributed by atoms with Crippen molar-refractivity contribution in [2.75, 3.05) is 13.1 Å². The van der Waals surface area contributed by atoms with Gasteiger partial charge >= 0.3 is 0 Å². The Morgan fingerprint density at radius 3 is 2.53 bits per heavy atom. The lowest BCUT2D eigenvalue weighted by Crippen LogP contribution is -2.44. The lowest BCUT2D eigenvalue weighted by molar-refractivity contribution is -0.111. The summed E-state index contributed by atoms with van der Waals surface area (Å²) in [4.78, 5) is 15.2. The van der Waals surface area contributed by atoms with Gasteiger partial charge in [0.25, 0.3) is 0 Å². The third kappa shape index (κ3) is 5.97. The minimum absolute atomic E-state index is 0.0672. The van der Waals surface area contributed by atoms with Gasteiger partial charge in [0.15, 0.2) is 11.7 Å². The molecule has 0 aromatic heterocycles. The summed E-state index contributed by atoms with van der Waals surface area (Å²) in [6.07, 6.45) is 1.79. The number of halogens is 1. The van der Waals surface area contributed by atoms with E-state index in [-0.39, 0.29) is 5.78 Å². The molecular weight excluding hydrogens is 492 g/mol. The molecule has 1 fully saturated rings. The molecule has 0 aliphatic carbocycles. The fourth-order valence-corrected chi connectivity index (χ4v) is 5.59. The Labute approximate surface area is 231 Å². The van der Waals surface area contributed by atoms with Crippen molar-refractivity contribution in [1.29, 1.82) is 0 Å². The van der Waals surface area contributed by atoms with E-state index < -0.39 is 5.41 Å². The van der Waals surface area contributed by atoms with E-state index in [4.69, 9.17) is 22.1 Å².